The Morgan fingerprint density at radius 1 is 0.636 bits per heavy atom. The van der Waals surface area contributed by atoms with Crippen LogP contribution in [-0.2, 0) is 38.9 Å². The van der Waals surface area contributed by atoms with Crippen molar-refractivity contribution in [3.8, 4) is 23.5 Å². The summed E-state index contributed by atoms with van der Waals surface area (Å²) in [7, 11) is -0.509. The lowest BCUT2D eigenvalue weighted by Crippen LogP contribution is -2.36. The number of sulfonamides is 2. The Hall–Kier alpha value is -6.26. The predicted molar refractivity (Wildman–Crippen MR) is 184 cm³/mol. The van der Waals surface area contributed by atoms with E-state index in [1.165, 1.54) is 47.6 Å². The van der Waals surface area contributed by atoms with Crippen molar-refractivity contribution >= 4 is 79.1 Å². The summed E-state index contributed by atoms with van der Waals surface area (Å²) >= 11 is 11.4. The number of esters is 1. The van der Waals surface area contributed by atoms with Crippen molar-refractivity contribution in [1.82, 2.24) is 48.9 Å². The largest absolute Gasteiger partial charge is 0.481 e. The van der Waals surface area contributed by atoms with Crippen LogP contribution in [0.15, 0.2) is 22.2 Å². The summed E-state index contributed by atoms with van der Waals surface area (Å²) in [5.41, 5.74) is -1.30. The number of aromatic nitrogens is 8. The highest BCUT2D eigenvalue weighted by molar-refractivity contribution is 7.90. The average Bonchev–Trinajstić information content (AvgIpc) is 3.60. The van der Waals surface area contributed by atoms with E-state index in [1.807, 2.05) is 0 Å². The van der Waals surface area contributed by atoms with E-state index in [0.29, 0.717) is 4.68 Å². The van der Waals surface area contributed by atoms with Gasteiger partial charge >= 0.3 is 24.0 Å². The van der Waals surface area contributed by atoms with E-state index in [0.717, 1.165) is 18.8 Å². The summed E-state index contributed by atoms with van der Waals surface area (Å²) in [5.74, 6) is -3.05. The first-order chi connectivity index (χ1) is 25.7. The molecular weight excluding hydrogens is 827 g/mol. The van der Waals surface area contributed by atoms with Gasteiger partial charge in [-0.05, 0) is 0 Å². The van der Waals surface area contributed by atoms with Gasteiger partial charge in [0.1, 0.15) is 11.1 Å². The Kier molecular flexibility index (Phi) is 13.9. The molecule has 0 atom stereocenters. The van der Waals surface area contributed by atoms with Crippen molar-refractivity contribution in [2.24, 2.45) is 14.1 Å². The van der Waals surface area contributed by atoms with E-state index in [9.17, 15) is 36.0 Å². The molecule has 4 aromatic heterocycles. The number of aromatic carboxylic acids is 1. The standard InChI is InChI=1S/C13H15ClN6O7S.C12H13ClN6O7S/c1-20-10(8(9(14)18-20)11(21)27-4)28(23,24)19-13(22)17-12-15-6(25-2)5-7(16-12)26-3;1-19-9(7(10(20)21)8(13)17-19)27(23,24)18-12(22)16-11-14-5(25-2)4-6(15-11)26-3/h5H,1-4H3,(H2,15,16,17,19,22);4H,1-3H3,(H,20,21)(H2,14,15,16,18,22). The number of rotatable bonds is 12. The van der Waals surface area contributed by atoms with Crippen molar-refractivity contribution in [1.29, 1.82) is 0 Å². The van der Waals surface area contributed by atoms with E-state index in [2.05, 4.69) is 45.5 Å². The number of halogens is 2. The smallest absolute Gasteiger partial charge is 0.344 e. The molecule has 4 heterocycles. The SMILES string of the molecule is COC(=O)c1c(Cl)nn(C)c1S(=O)(=O)NC(=O)Nc1nc(OC)cc(OC)n1.COc1cc(OC)nc(NC(=O)NS(=O)(=O)c2c(C(=O)O)c(Cl)nn2C)n1. The molecule has 0 radical (unpaired) electrons. The molecule has 0 saturated carbocycles. The number of nitrogens with one attached hydrogen (secondary N) is 4. The molecule has 0 spiro atoms. The monoisotopic (exact) mass is 854 g/mol. The van der Waals surface area contributed by atoms with Crippen LogP contribution in [0.25, 0.3) is 0 Å². The number of carbonyl (C=O) groups excluding carboxylic acids is 3. The summed E-state index contributed by atoms with van der Waals surface area (Å²) in [5, 5.41) is 18.1. The van der Waals surface area contributed by atoms with Crippen LogP contribution < -0.4 is 39.0 Å². The van der Waals surface area contributed by atoms with Crippen LogP contribution in [0.2, 0.25) is 10.3 Å². The van der Waals surface area contributed by atoms with Crippen molar-refractivity contribution in [3.63, 3.8) is 0 Å². The van der Waals surface area contributed by atoms with Gasteiger partial charge in [-0.25, -0.2) is 28.6 Å². The third kappa shape index (κ3) is 10.5. The molecule has 30 heteroatoms. The lowest BCUT2D eigenvalue weighted by atomic mass is 10.4. The summed E-state index contributed by atoms with van der Waals surface area (Å²) in [6, 6.07) is 0.193. The van der Waals surface area contributed by atoms with Crippen LogP contribution in [0, 0.1) is 0 Å². The van der Waals surface area contributed by atoms with Crippen LogP contribution >= 0.6 is 23.2 Å². The number of aryl methyl sites for hydroxylation is 2. The second kappa shape index (κ2) is 17.7. The van der Waals surface area contributed by atoms with Gasteiger partial charge in [0.2, 0.25) is 35.4 Å². The fraction of sp³-hybridized carbons (Fsp3) is 0.280. The van der Waals surface area contributed by atoms with Gasteiger partial charge in [0.15, 0.2) is 20.4 Å². The molecule has 26 nitrogen and oxygen atoms in total. The molecule has 55 heavy (non-hydrogen) atoms. The van der Waals surface area contributed by atoms with Gasteiger partial charge in [0.05, 0.1) is 47.7 Å². The zero-order valence-corrected chi connectivity index (χ0v) is 32.2. The fourth-order valence-electron chi connectivity index (χ4n) is 3.96. The van der Waals surface area contributed by atoms with Gasteiger partial charge in [-0.1, -0.05) is 23.2 Å². The minimum Gasteiger partial charge on any atom is -0.481 e. The van der Waals surface area contributed by atoms with Gasteiger partial charge in [-0.2, -0.15) is 47.0 Å². The lowest BCUT2D eigenvalue weighted by molar-refractivity contribution is 0.0595. The van der Waals surface area contributed by atoms with E-state index in [4.69, 9.17) is 47.3 Å². The number of carboxylic acid groups (broad SMARTS) is 1. The number of anilines is 2. The highest BCUT2D eigenvalue weighted by atomic mass is 35.5. The summed E-state index contributed by atoms with van der Waals surface area (Å²) < 4.78 is 78.9. The number of hydrogen-bond acceptors (Lipinski definition) is 19. The first-order valence-electron chi connectivity index (χ1n) is 14.1. The zero-order chi connectivity index (χ0) is 41.4. The minimum atomic E-state index is -4.64. The molecular formula is C25H28Cl2N12O14S2. The maximum Gasteiger partial charge on any atom is 0.344 e. The molecule has 0 fully saturated rings. The molecule has 0 aliphatic carbocycles. The van der Waals surface area contributed by atoms with E-state index < -0.39 is 75.5 Å². The average molecular weight is 856 g/mol. The van der Waals surface area contributed by atoms with Gasteiger partial charge in [-0.3, -0.25) is 20.0 Å². The second-order valence-corrected chi connectivity index (χ2v) is 13.6. The fourth-order valence-corrected chi connectivity index (χ4v) is 7.10. The van der Waals surface area contributed by atoms with Crippen molar-refractivity contribution in [3.05, 3.63) is 33.6 Å². The number of hydrogen-bond donors (Lipinski definition) is 5. The first-order valence-corrected chi connectivity index (χ1v) is 17.8. The second-order valence-electron chi connectivity index (χ2n) is 9.66. The Morgan fingerprint density at radius 3 is 1.27 bits per heavy atom. The summed E-state index contributed by atoms with van der Waals surface area (Å²) in [6.07, 6.45) is 0. The highest BCUT2D eigenvalue weighted by Crippen LogP contribution is 2.25. The van der Waals surface area contributed by atoms with Gasteiger partial charge < -0.3 is 28.8 Å². The third-order valence-corrected chi connectivity index (χ3v) is 9.51. The van der Waals surface area contributed by atoms with Gasteiger partial charge in [0.25, 0.3) is 20.0 Å². The first kappa shape index (κ1) is 43.1. The number of urea groups is 2. The van der Waals surface area contributed by atoms with E-state index in [-0.39, 0.29) is 35.4 Å². The predicted octanol–water partition coefficient (Wildman–Crippen LogP) is 0.267. The van der Waals surface area contributed by atoms with Crippen molar-refractivity contribution < 1.29 is 64.8 Å². The quantitative estimate of drug-likeness (QED) is 0.119. The number of nitrogens with zero attached hydrogens (tertiary/aromatic N) is 8. The number of methoxy groups -OCH3 is 5. The van der Waals surface area contributed by atoms with Crippen molar-refractivity contribution in [2.45, 2.75) is 10.1 Å². The molecule has 298 valence electrons. The molecule has 0 saturated heterocycles. The molecule has 4 aromatic rings. The maximum absolute atomic E-state index is 12.6. The number of amides is 4. The molecule has 0 aliphatic rings. The summed E-state index contributed by atoms with van der Waals surface area (Å²) in [6.45, 7) is 0. The number of carbonyl (C=O) groups is 4. The minimum absolute atomic E-state index is 0.0478. The highest BCUT2D eigenvalue weighted by Gasteiger charge is 2.34. The molecule has 5 N–H and O–H groups in total. The van der Waals surface area contributed by atoms with Crippen molar-refractivity contribution in [2.75, 3.05) is 46.2 Å². The Morgan fingerprint density at radius 2 is 0.964 bits per heavy atom. The Balaban J connectivity index is 0.000000296. The Labute approximate surface area is 319 Å². The lowest BCUT2D eigenvalue weighted by Gasteiger charge is -2.10. The van der Waals surface area contributed by atoms with Gasteiger partial charge in [-0.15, -0.1) is 0 Å². The topological polar surface area (TPSA) is 338 Å². The molecule has 4 rings (SSSR count). The molecule has 0 aliphatic heterocycles. The van der Waals surface area contributed by atoms with E-state index >= 15 is 0 Å². The van der Waals surface area contributed by atoms with Crippen LogP contribution in [0.3, 0.4) is 0 Å². The molecule has 0 aromatic carbocycles. The maximum atomic E-state index is 12.6. The Bertz CT molecular complexity index is 2310. The normalized spacial score (nSPS) is 10.9. The van der Waals surface area contributed by atoms with Crippen LogP contribution in [0.4, 0.5) is 21.5 Å². The van der Waals surface area contributed by atoms with Gasteiger partial charge in [0, 0.05) is 14.1 Å². The number of carboxylic acids is 1. The van der Waals surface area contributed by atoms with Crippen LogP contribution in [-0.4, -0.2) is 121 Å². The molecule has 0 bridgehead atoms. The summed E-state index contributed by atoms with van der Waals surface area (Å²) in [4.78, 5) is 62.5. The number of ether oxygens (including phenoxy) is 5. The zero-order valence-electron chi connectivity index (χ0n) is 29.1. The molecule has 4 amide bonds. The van der Waals surface area contributed by atoms with Crippen LogP contribution in [0.5, 0.6) is 23.5 Å². The van der Waals surface area contributed by atoms with E-state index in [1.54, 1.807) is 9.44 Å². The molecule has 0 unspecified atom stereocenters. The third-order valence-electron chi connectivity index (χ3n) is 6.12. The van der Waals surface area contributed by atoms with Crippen LogP contribution in [0.1, 0.15) is 20.7 Å².